The lowest BCUT2D eigenvalue weighted by Crippen LogP contribution is -2.39. The van der Waals surface area contributed by atoms with Crippen LogP contribution in [0, 0.1) is 0 Å². The molecule has 0 atom stereocenters. The maximum Gasteiger partial charge on any atom is 0.333 e. The summed E-state index contributed by atoms with van der Waals surface area (Å²) in [6.45, 7) is 0. The van der Waals surface area contributed by atoms with Crippen molar-refractivity contribution in [3.8, 4) is 5.75 Å². The van der Waals surface area contributed by atoms with Crippen molar-refractivity contribution in [3.05, 3.63) is 17.2 Å². The molecular weight excluding hydrogens is 256 g/mol. The number of halogens is 1. The van der Waals surface area contributed by atoms with Gasteiger partial charge < -0.3 is 10.1 Å². The summed E-state index contributed by atoms with van der Waals surface area (Å²) in [5.41, 5.74) is 0.134. The van der Waals surface area contributed by atoms with Crippen LogP contribution in [0.25, 0.3) is 0 Å². The highest BCUT2D eigenvalue weighted by molar-refractivity contribution is 7.90. The summed E-state index contributed by atoms with van der Waals surface area (Å²) in [5.74, 6) is 0.224. The van der Waals surface area contributed by atoms with Crippen LogP contribution in [0.3, 0.4) is 0 Å². The Morgan fingerprint density at radius 1 is 1.38 bits per heavy atom. The molecule has 1 aromatic carbocycles. The zero-order valence-electron chi connectivity index (χ0n) is 8.07. The second-order valence-electron chi connectivity index (χ2n) is 3.04. The fourth-order valence-electron chi connectivity index (χ4n) is 1.34. The van der Waals surface area contributed by atoms with E-state index in [-0.39, 0.29) is 21.4 Å². The molecule has 0 bridgehead atoms. The van der Waals surface area contributed by atoms with Gasteiger partial charge in [-0.15, -0.1) is 0 Å². The molecule has 1 aromatic rings. The van der Waals surface area contributed by atoms with E-state index in [4.69, 9.17) is 16.3 Å². The molecule has 0 fully saturated rings. The Kier molecular flexibility index (Phi) is 2.43. The van der Waals surface area contributed by atoms with Gasteiger partial charge in [-0.1, -0.05) is 11.6 Å². The van der Waals surface area contributed by atoms with Crippen LogP contribution < -0.4 is 14.8 Å². The molecule has 86 valence electrons. The second-order valence-corrected chi connectivity index (χ2v) is 5.10. The molecule has 2 N–H and O–H groups in total. The first-order chi connectivity index (χ1) is 7.44. The monoisotopic (exact) mass is 262 g/mol. The molecule has 0 radical (unpaired) electrons. The van der Waals surface area contributed by atoms with Crippen molar-refractivity contribution < 1.29 is 17.9 Å². The van der Waals surface area contributed by atoms with Gasteiger partial charge in [0.05, 0.1) is 17.8 Å². The number of hydrogen-bond donors (Lipinski definition) is 2. The Labute approximate surface area is 96.6 Å². The lowest BCUT2D eigenvalue weighted by atomic mass is 10.3. The van der Waals surface area contributed by atoms with E-state index in [0.29, 0.717) is 0 Å². The van der Waals surface area contributed by atoms with E-state index in [1.165, 1.54) is 19.2 Å². The second kappa shape index (κ2) is 3.53. The van der Waals surface area contributed by atoms with Crippen molar-refractivity contribution in [1.82, 2.24) is 4.72 Å². The van der Waals surface area contributed by atoms with E-state index < -0.39 is 16.1 Å². The summed E-state index contributed by atoms with van der Waals surface area (Å²) in [6, 6.07) is 1.76. The van der Waals surface area contributed by atoms with Gasteiger partial charge in [-0.2, -0.15) is 0 Å². The van der Waals surface area contributed by atoms with Gasteiger partial charge in [0.15, 0.2) is 0 Å². The molecule has 0 spiro atoms. The fourth-order valence-corrected chi connectivity index (χ4v) is 2.64. The number of fused-ring (bicyclic) bond motifs is 1. The van der Waals surface area contributed by atoms with Crippen molar-refractivity contribution in [2.75, 3.05) is 12.4 Å². The lowest BCUT2D eigenvalue weighted by molar-refractivity contribution is 0.256. The van der Waals surface area contributed by atoms with Crippen LogP contribution in [-0.4, -0.2) is 21.6 Å². The number of carbonyl (C=O) groups excluding carboxylic acids is 1. The van der Waals surface area contributed by atoms with Crippen molar-refractivity contribution in [2.24, 2.45) is 0 Å². The van der Waals surface area contributed by atoms with Crippen LogP contribution in [-0.2, 0) is 10.0 Å². The van der Waals surface area contributed by atoms with Gasteiger partial charge >= 0.3 is 6.03 Å². The number of sulfonamides is 1. The largest absolute Gasteiger partial charge is 0.495 e. The SMILES string of the molecule is COc1cc2c(cc1Cl)NC(=O)NS2(=O)=O. The van der Waals surface area contributed by atoms with Gasteiger partial charge in [0.2, 0.25) is 0 Å². The predicted octanol–water partition coefficient (Wildman–Crippen LogP) is 1.17. The number of hydrogen-bond acceptors (Lipinski definition) is 4. The molecule has 8 heteroatoms. The van der Waals surface area contributed by atoms with Crippen LogP contribution in [0.4, 0.5) is 10.5 Å². The number of urea groups is 1. The molecule has 1 aliphatic rings. The minimum atomic E-state index is -3.84. The highest BCUT2D eigenvalue weighted by Crippen LogP contribution is 2.34. The summed E-state index contributed by atoms with van der Waals surface area (Å²) >= 11 is 5.81. The first kappa shape index (κ1) is 11.0. The van der Waals surface area contributed by atoms with Gasteiger partial charge in [-0.05, 0) is 6.07 Å². The Bertz CT molecular complexity index is 570. The smallest absolute Gasteiger partial charge is 0.333 e. The molecule has 0 aliphatic carbocycles. The normalized spacial score (nSPS) is 17.0. The van der Waals surface area contributed by atoms with Crippen LogP contribution >= 0.6 is 11.6 Å². The first-order valence-electron chi connectivity index (χ1n) is 4.15. The Morgan fingerprint density at radius 2 is 2.06 bits per heavy atom. The molecule has 0 aromatic heterocycles. The number of amides is 2. The third-order valence-corrected chi connectivity index (χ3v) is 3.69. The highest BCUT2D eigenvalue weighted by atomic mass is 35.5. The van der Waals surface area contributed by atoms with Crippen molar-refractivity contribution in [1.29, 1.82) is 0 Å². The van der Waals surface area contributed by atoms with Crippen LogP contribution in [0.2, 0.25) is 5.02 Å². The van der Waals surface area contributed by atoms with Crippen LogP contribution in [0.1, 0.15) is 0 Å². The molecule has 0 saturated carbocycles. The summed E-state index contributed by atoms with van der Waals surface area (Å²) in [7, 11) is -2.47. The van der Waals surface area contributed by atoms with Gasteiger partial charge in [0.25, 0.3) is 10.0 Å². The molecule has 0 unspecified atom stereocenters. The lowest BCUT2D eigenvalue weighted by Gasteiger charge is -2.19. The van der Waals surface area contributed by atoms with E-state index in [9.17, 15) is 13.2 Å². The quantitative estimate of drug-likeness (QED) is 0.796. The fraction of sp³-hybridized carbons (Fsp3) is 0.125. The number of nitrogens with one attached hydrogen (secondary N) is 2. The standard InChI is InChI=1S/C8H7ClN2O4S/c1-15-6-3-7-5(2-4(6)9)10-8(12)11-16(7,13)14/h2-3H,1H3,(H2,10,11,12). The van der Waals surface area contributed by atoms with Crippen molar-refractivity contribution in [2.45, 2.75) is 4.90 Å². The van der Waals surface area contributed by atoms with Gasteiger partial charge in [0, 0.05) is 6.07 Å². The third-order valence-electron chi connectivity index (χ3n) is 2.02. The number of anilines is 1. The average Bonchev–Trinajstić information content (AvgIpc) is 2.15. The number of benzene rings is 1. The maximum absolute atomic E-state index is 11.6. The average molecular weight is 263 g/mol. The summed E-state index contributed by atoms with van der Waals surface area (Å²) in [6.07, 6.45) is 0. The highest BCUT2D eigenvalue weighted by Gasteiger charge is 2.29. The predicted molar refractivity (Wildman–Crippen MR) is 57.3 cm³/mol. The van der Waals surface area contributed by atoms with Crippen molar-refractivity contribution >= 4 is 33.3 Å². The molecule has 2 rings (SSSR count). The minimum Gasteiger partial charge on any atom is -0.495 e. The molecule has 6 nitrogen and oxygen atoms in total. The molecule has 1 heterocycles. The Hall–Kier alpha value is -1.47. The molecule has 16 heavy (non-hydrogen) atoms. The maximum atomic E-state index is 11.6. The molecule has 1 aliphatic heterocycles. The summed E-state index contributed by atoms with van der Waals surface area (Å²) in [4.78, 5) is 11.0. The summed E-state index contributed by atoms with van der Waals surface area (Å²) < 4.78 is 29.9. The van der Waals surface area contributed by atoms with Gasteiger partial charge in [-0.3, -0.25) is 0 Å². The molecular formula is C8H7ClN2O4S. The minimum absolute atomic E-state index is 0.0756. The van der Waals surface area contributed by atoms with E-state index in [2.05, 4.69) is 5.32 Å². The third kappa shape index (κ3) is 1.68. The van der Waals surface area contributed by atoms with Crippen LogP contribution in [0.5, 0.6) is 5.75 Å². The summed E-state index contributed by atoms with van der Waals surface area (Å²) in [5, 5.41) is 2.56. The van der Waals surface area contributed by atoms with Crippen molar-refractivity contribution in [3.63, 3.8) is 0 Å². The van der Waals surface area contributed by atoms with E-state index in [1.807, 2.05) is 0 Å². The zero-order valence-corrected chi connectivity index (χ0v) is 9.65. The topological polar surface area (TPSA) is 84.5 Å². The van der Waals surface area contributed by atoms with E-state index in [0.717, 1.165) is 0 Å². The zero-order chi connectivity index (χ0) is 11.9. The number of rotatable bonds is 1. The van der Waals surface area contributed by atoms with E-state index in [1.54, 1.807) is 4.72 Å². The number of ether oxygens (including phenoxy) is 1. The number of methoxy groups -OCH3 is 1. The van der Waals surface area contributed by atoms with Crippen LogP contribution in [0.15, 0.2) is 17.0 Å². The van der Waals surface area contributed by atoms with Gasteiger partial charge in [-0.25, -0.2) is 17.9 Å². The van der Waals surface area contributed by atoms with Gasteiger partial charge in [0.1, 0.15) is 10.6 Å². The first-order valence-corrected chi connectivity index (χ1v) is 6.01. The molecule has 0 saturated heterocycles. The van der Waals surface area contributed by atoms with E-state index >= 15 is 0 Å². The Balaban J connectivity index is 2.70. The number of carbonyl (C=O) groups is 1. The molecule has 2 amide bonds. The Morgan fingerprint density at radius 3 is 2.69 bits per heavy atom.